The van der Waals surface area contributed by atoms with Gasteiger partial charge in [0.05, 0.1) is 0 Å². The molecule has 0 spiro atoms. The van der Waals surface area contributed by atoms with Crippen LogP contribution in [0.1, 0.15) is 19.4 Å². The van der Waals surface area contributed by atoms with Gasteiger partial charge in [0, 0.05) is 32.1 Å². The highest BCUT2D eigenvalue weighted by Crippen LogP contribution is 2.12. The van der Waals surface area contributed by atoms with Gasteiger partial charge >= 0.3 is 0 Å². The van der Waals surface area contributed by atoms with Crippen molar-refractivity contribution in [1.82, 2.24) is 9.88 Å². The van der Waals surface area contributed by atoms with Gasteiger partial charge in [0.25, 0.3) is 0 Å². The summed E-state index contributed by atoms with van der Waals surface area (Å²) in [6.45, 7) is 6.41. The highest BCUT2D eigenvalue weighted by atomic mass is 16.3. The lowest BCUT2D eigenvalue weighted by molar-refractivity contribution is 0.143. The Hall–Kier alpha value is -0.930. The molecule has 3 heteroatoms. The van der Waals surface area contributed by atoms with E-state index in [1.807, 2.05) is 24.5 Å². The fraction of sp³-hybridized carbons (Fsp3) is 0.615. The fourth-order valence-corrected chi connectivity index (χ4v) is 1.74. The maximum atomic E-state index is 9.27. The van der Waals surface area contributed by atoms with E-state index < -0.39 is 0 Å². The van der Waals surface area contributed by atoms with E-state index in [1.165, 1.54) is 5.56 Å². The minimum absolute atomic E-state index is 0.262. The smallest absolute Gasteiger partial charge is 0.0473 e. The minimum Gasteiger partial charge on any atom is -0.396 e. The predicted molar refractivity (Wildman–Crippen MR) is 66.0 cm³/mol. The van der Waals surface area contributed by atoms with E-state index in [2.05, 4.69) is 30.8 Å². The third-order valence-electron chi connectivity index (χ3n) is 2.93. The van der Waals surface area contributed by atoms with Crippen molar-refractivity contribution >= 4 is 0 Å². The monoisotopic (exact) mass is 222 g/mol. The molecule has 1 heterocycles. The van der Waals surface area contributed by atoms with Crippen LogP contribution >= 0.6 is 0 Å². The highest BCUT2D eigenvalue weighted by molar-refractivity contribution is 5.09. The maximum absolute atomic E-state index is 9.27. The quantitative estimate of drug-likeness (QED) is 0.797. The van der Waals surface area contributed by atoms with Gasteiger partial charge in [0.1, 0.15) is 0 Å². The molecule has 1 aromatic rings. The molecule has 1 unspecified atom stereocenters. The van der Waals surface area contributed by atoms with Crippen LogP contribution in [-0.2, 0) is 6.54 Å². The molecule has 1 N–H and O–H groups in total. The van der Waals surface area contributed by atoms with Crippen LogP contribution in [0.5, 0.6) is 0 Å². The summed E-state index contributed by atoms with van der Waals surface area (Å²) < 4.78 is 0. The molecular formula is C13H22N2O. The number of pyridine rings is 1. The van der Waals surface area contributed by atoms with Crippen molar-refractivity contribution in [3.05, 3.63) is 30.1 Å². The molecule has 0 amide bonds. The molecule has 1 atom stereocenters. The molecule has 0 fully saturated rings. The van der Waals surface area contributed by atoms with Gasteiger partial charge in [-0.3, -0.25) is 4.98 Å². The first-order valence-electron chi connectivity index (χ1n) is 5.81. The summed E-state index contributed by atoms with van der Waals surface area (Å²) >= 11 is 0. The molecular weight excluding hydrogens is 200 g/mol. The Morgan fingerprint density at radius 2 is 1.94 bits per heavy atom. The summed E-state index contributed by atoms with van der Waals surface area (Å²) in [7, 11) is 2.09. The van der Waals surface area contributed by atoms with Gasteiger partial charge < -0.3 is 10.0 Å². The second-order valence-corrected chi connectivity index (χ2v) is 4.74. The zero-order valence-electron chi connectivity index (χ0n) is 10.4. The van der Waals surface area contributed by atoms with Crippen LogP contribution in [0.25, 0.3) is 0 Å². The van der Waals surface area contributed by atoms with E-state index in [4.69, 9.17) is 0 Å². The Kier molecular flexibility index (Phi) is 5.43. The summed E-state index contributed by atoms with van der Waals surface area (Å²) in [6, 6.07) is 4.06. The van der Waals surface area contributed by atoms with Crippen molar-refractivity contribution < 1.29 is 5.11 Å². The molecule has 0 aliphatic carbocycles. The molecule has 3 nitrogen and oxygen atoms in total. The molecule has 1 aromatic heterocycles. The molecule has 0 bridgehead atoms. The van der Waals surface area contributed by atoms with E-state index in [0.29, 0.717) is 11.8 Å². The van der Waals surface area contributed by atoms with Crippen molar-refractivity contribution in [2.75, 3.05) is 20.2 Å². The number of rotatable bonds is 6. The van der Waals surface area contributed by atoms with Crippen molar-refractivity contribution in [1.29, 1.82) is 0 Å². The summed E-state index contributed by atoms with van der Waals surface area (Å²) in [5.41, 5.74) is 1.26. The Labute approximate surface area is 98.1 Å². The zero-order valence-corrected chi connectivity index (χ0v) is 10.4. The highest BCUT2D eigenvalue weighted by Gasteiger charge is 2.14. The summed E-state index contributed by atoms with van der Waals surface area (Å²) in [5, 5.41) is 9.27. The molecule has 0 radical (unpaired) electrons. The standard InChI is InChI=1S/C13H22N2O/c1-11(2)13(10-16)9-15(3)8-12-4-6-14-7-5-12/h4-7,11,13,16H,8-10H2,1-3H3. The molecule has 0 aliphatic heterocycles. The van der Waals surface area contributed by atoms with Gasteiger partial charge in [-0.2, -0.15) is 0 Å². The van der Waals surface area contributed by atoms with Gasteiger partial charge in [-0.05, 0) is 36.6 Å². The molecule has 0 saturated heterocycles. The predicted octanol–water partition coefficient (Wildman–Crippen LogP) is 1.78. The average molecular weight is 222 g/mol. The van der Waals surface area contributed by atoms with Crippen molar-refractivity contribution in [3.63, 3.8) is 0 Å². The number of hydrogen-bond acceptors (Lipinski definition) is 3. The second kappa shape index (κ2) is 6.61. The lowest BCUT2D eigenvalue weighted by Gasteiger charge is -2.25. The largest absolute Gasteiger partial charge is 0.396 e. The van der Waals surface area contributed by atoms with Crippen molar-refractivity contribution in [2.24, 2.45) is 11.8 Å². The maximum Gasteiger partial charge on any atom is 0.0473 e. The van der Waals surface area contributed by atoms with Crippen LogP contribution < -0.4 is 0 Å². The van der Waals surface area contributed by atoms with Gasteiger partial charge in [-0.1, -0.05) is 13.8 Å². The zero-order chi connectivity index (χ0) is 12.0. The van der Waals surface area contributed by atoms with Crippen molar-refractivity contribution in [3.8, 4) is 0 Å². The summed E-state index contributed by atoms with van der Waals surface area (Å²) in [5.74, 6) is 0.872. The summed E-state index contributed by atoms with van der Waals surface area (Å²) in [4.78, 5) is 6.25. The Bertz CT molecular complexity index is 287. The number of aromatic nitrogens is 1. The van der Waals surface area contributed by atoms with Crippen LogP contribution in [0.15, 0.2) is 24.5 Å². The van der Waals surface area contributed by atoms with E-state index >= 15 is 0 Å². The Balaban J connectivity index is 2.44. The molecule has 1 rings (SSSR count). The van der Waals surface area contributed by atoms with Gasteiger partial charge in [0.15, 0.2) is 0 Å². The van der Waals surface area contributed by atoms with Crippen LogP contribution in [0.3, 0.4) is 0 Å². The van der Waals surface area contributed by atoms with Crippen LogP contribution in [0.4, 0.5) is 0 Å². The molecule has 0 aromatic carbocycles. The normalized spacial score (nSPS) is 13.4. The topological polar surface area (TPSA) is 36.4 Å². The van der Waals surface area contributed by atoms with E-state index in [-0.39, 0.29) is 6.61 Å². The lowest BCUT2D eigenvalue weighted by atomic mass is 9.96. The third-order valence-corrected chi connectivity index (χ3v) is 2.93. The first-order chi connectivity index (χ1) is 7.63. The minimum atomic E-state index is 0.262. The number of hydrogen-bond donors (Lipinski definition) is 1. The van der Waals surface area contributed by atoms with Gasteiger partial charge in [-0.15, -0.1) is 0 Å². The number of nitrogens with zero attached hydrogens (tertiary/aromatic N) is 2. The average Bonchev–Trinajstić information content (AvgIpc) is 2.27. The molecule has 16 heavy (non-hydrogen) atoms. The first kappa shape index (κ1) is 13.1. The van der Waals surface area contributed by atoms with Crippen LogP contribution in [0, 0.1) is 11.8 Å². The molecule has 90 valence electrons. The SMILES string of the molecule is CC(C)C(CO)CN(C)Cc1ccncc1. The Morgan fingerprint density at radius 1 is 1.31 bits per heavy atom. The van der Waals surface area contributed by atoms with E-state index in [0.717, 1.165) is 13.1 Å². The summed E-state index contributed by atoms with van der Waals surface area (Å²) in [6.07, 6.45) is 3.63. The molecule has 0 aliphatic rings. The first-order valence-corrected chi connectivity index (χ1v) is 5.81. The number of aliphatic hydroxyl groups excluding tert-OH is 1. The van der Waals surface area contributed by atoms with Gasteiger partial charge in [-0.25, -0.2) is 0 Å². The van der Waals surface area contributed by atoms with E-state index in [1.54, 1.807) is 0 Å². The van der Waals surface area contributed by atoms with Crippen LogP contribution in [-0.4, -0.2) is 35.2 Å². The van der Waals surface area contributed by atoms with E-state index in [9.17, 15) is 5.11 Å². The fourth-order valence-electron chi connectivity index (χ4n) is 1.74. The third kappa shape index (κ3) is 4.29. The molecule has 0 saturated carbocycles. The van der Waals surface area contributed by atoms with Crippen LogP contribution in [0.2, 0.25) is 0 Å². The lowest BCUT2D eigenvalue weighted by Crippen LogP contribution is -2.30. The Morgan fingerprint density at radius 3 is 2.44 bits per heavy atom. The second-order valence-electron chi connectivity index (χ2n) is 4.74. The number of aliphatic hydroxyl groups is 1. The van der Waals surface area contributed by atoms with Crippen molar-refractivity contribution in [2.45, 2.75) is 20.4 Å². The van der Waals surface area contributed by atoms with Gasteiger partial charge in [0.2, 0.25) is 0 Å².